The SMILES string of the molecule is CCCCCCCCCC(N)CC1CCCC1. The van der Waals surface area contributed by atoms with E-state index in [1.807, 2.05) is 0 Å². The fourth-order valence-electron chi connectivity index (χ4n) is 3.16. The van der Waals surface area contributed by atoms with E-state index in [1.165, 1.54) is 83.5 Å². The van der Waals surface area contributed by atoms with E-state index in [0.717, 1.165) is 5.92 Å². The fraction of sp³-hybridized carbons (Fsp3) is 1.00. The van der Waals surface area contributed by atoms with Crippen LogP contribution in [0.5, 0.6) is 0 Å². The lowest BCUT2D eigenvalue weighted by atomic mass is 9.95. The van der Waals surface area contributed by atoms with Crippen LogP contribution in [0, 0.1) is 5.92 Å². The van der Waals surface area contributed by atoms with Gasteiger partial charge in [0.1, 0.15) is 0 Å². The molecule has 1 saturated carbocycles. The fourth-order valence-corrected chi connectivity index (χ4v) is 3.16. The van der Waals surface area contributed by atoms with Crippen molar-refractivity contribution in [1.29, 1.82) is 0 Å². The molecule has 1 fully saturated rings. The second kappa shape index (κ2) is 9.94. The van der Waals surface area contributed by atoms with Gasteiger partial charge in [0.25, 0.3) is 0 Å². The molecule has 17 heavy (non-hydrogen) atoms. The van der Waals surface area contributed by atoms with Crippen LogP contribution in [-0.2, 0) is 0 Å². The summed E-state index contributed by atoms with van der Waals surface area (Å²) in [5.41, 5.74) is 6.22. The van der Waals surface area contributed by atoms with Gasteiger partial charge < -0.3 is 5.73 Å². The van der Waals surface area contributed by atoms with Crippen LogP contribution in [0.3, 0.4) is 0 Å². The lowest BCUT2D eigenvalue weighted by Crippen LogP contribution is -2.22. The molecule has 0 aliphatic heterocycles. The Kier molecular flexibility index (Phi) is 8.78. The van der Waals surface area contributed by atoms with Crippen molar-refractivity contribution in [1.82, 2.24) is 0 Å². The van der Waals surface area contributed by atoms with E-state index in [2.05, 4.69) is 6.92 Å². The molecule has 0 bridgehead atoms. The van der Waals surface area contributed by atoms with E-state index in [-0.39, 0.29) is 0 Å². The first-order chi connectivity index (χ1) is 8.33. The van der Waals surface area contributed by atoms with E-state index in [4.69, 9.17) is 5.73 Å². The molecule has 0 amide bonds. The highest BCUT2D eigenvalue weighted by atomic mass is 14.6. The number of nitrogens with two attached hydrogens (primary N) is 1. The molecule has 102 valence electrons. The van der Waals surface area contributed by atoms with Crippen molar-refractivity contribution in [2.24, 2.45) is 11.7 Å². The second-order valence-corrected chi connectivity index (χ2v) is 6.06. The highest BCUT2D eigenvalue weighted by molar-refractivity contribution is 4.73. The van der Waals surface area contributed by atoms with Gasteiger partial charge >= 0.3 is 0 Å². The second-order valence-electron chi connectivity index (χ2n) is 6.06. The van der Waals surface area contributed by atoms with Crippen molar-refractivity contribution in [2.75, 3.05) is 0 Å². The Morgan fingerprint density at radius 2 is 1.53 bits per heavy atom. The van der Waals surface area contributed by atoms with Gasteiger partial charge in [-0.1, -0.05) is 77.6 Å². The van der Waals surface area contributed by atoms with Gasteiger partial charge in [-0.05, 0) is 18.8 Å². The Morgan fingerprint density at radius 1 is 0.941 bits per heavy atom. The van der Waals surface area contributed by atoms with Crippen molar-refractivity contribution in [3.63, 3.8) is 0 Å². The van der Waals surface area contributed by atoms with Gasteiger partial charge in [-0.25, -0.2) is 0 Å². The van der Waals surface area contributed by atoms with Gasteiger partial charge in [0.05, 0.1) is 0 Å². The van der Waals surface area contributed by atoms with Crippen molar-refractivity contribution in [2.45, 2.75) is 96.4 Å². The Bertz CT molecular complexity index is 161. The molecule has 2 N–H and O–H groups in total. The smallest absolute Gasteiger partial charge is 0.00414 e. The Labute approximate surface area is 109 Å². The molecule has 1 aliphatic carbocycles. The van der Waals surface area contributed by atoms with Crippen LogP contribution in [-0.4, -0.2) is 6.04 Å². The molecule has 0 aromatic heterocycles. The Balaban J connectivity index is 1.84. The average Bonchev–Trinajstić information content (AvgIpc) is 2.80. The molecule has 0 saturated heterocycles. The Hall–Kier alpha value is -0.0400. The van der Waals surface area contributed by atoms with Gasteiger partial charge in [0.15, 0.2) is 0 Å². The lowest BCUT2D eigenvalue weighted by Gasteiger charge is -2.15. The van der Waals surface area contributed by atoms with Gasteiger partial charge in [-0.3, -0.25) is 0 Å². The van der Waals surface area contributed by atoms with Crippen LogP contribution in [0.4, 0.5) is 0 Å². The van der Waals surface area contributed by atoms with Crippen LogP contribution >= 0.6 is 0 Å². The van der Waals surface area contributed by atoms with E-state index in [0.29, 0.717) is 6.04 Å². The molecule has 1 nitrogen and oxygen atoms in total. The maximum absolute atomic E-state index is 6.22. The molecule has 1 aliphatic rings. The van der Waals surface area contributed by atoms with Crippen molar-refractivity contribution in [3.8, 4) is 0 Å². The zero-order valence-corrected chi connectivity index (χ0v) is 11.9. The number of hydrogen-bond acceptors (Lipinski definition) is 1. The van der Waals surface area contributed by atoms with E-state index in [1.54, 1.807) is 0 Å². The molecular formula is C16H33N. The van der Waals surface area contributed by atoms with E-state index < -0.39 is 0 Å². The first-order valence-corrected chi connectivity index (χ1v) is 8.08. The number of rotatable bonds is 10. The van der Waals surface area contributed by atoms with E-state index >= 15 is 0 Å². The average molecular weight is 239 g/mol. The van der Waals surface area contributed by atoms with E-state index in [9.17, 15) is 0 Å². The summed E-state index contributed by atoms with van der Waals surface area (Å²) in [7, 11) is 0. The summed E-state index contributed by atoms with van der Waals surface area (Å²) >= 11 is 0. The van der Waals surface area contributed by atoms with Gasteiger partial charge in [0.2, 0.25) is 0 Å². The minimum atomic E-state index is 0.494. The number of unbranched alkanes of at least 4 members (excludes halogenated alkanes) is 6. The third-order valence-corrected chi connectivity index (χ3v) is 4.29. The maximum Gasteiger partial charge on any atom is 0.00414 e. The molecule has 1 unspecified atom stereocenters. The van der Waals surface area contributed by atoms with Gasteiger partial charge in [-0.2, -0.15) is 0 Å². The van der Waals surface area contributed by atoms with Crippen molar-refractivity contribution in [3.05, 3.63) is 0 Å². The molecule has 1 rings (SSSR count). The quantitative estimate of drug-likeness (QED) is 0.531. The Morgan fingerprint density at radius 3 is 2.18 bits per heavy atom. The van der Waals surface area contributed by atoms with Crippen LogP contribution in [0.15, 0.2) is 0 Å². The first-order valence-electron chi connectivity index (χ1n) is 8.08. The highest BCUT2D eigenvalue weighted by Gasteiger charge is 2.17. The minimum Gasteiger partial charge on any atom is -0.328 e. The molecule has 0 aromatic rings. The van der Waals surface area contributed by atoms with Crippen LogP contribution in [0.1, 0.15) is 90.4 Å². The summed E-state index contributed by atoms with van der Waals surface area (Å²) in [6, 6.07) is 0.494. The number of hydrogen-bond donors (Lipinski definition) is 1. The first kappa shape index (κ1) is 15.0. The van der Waals surface area contributed by atoms with Crippen LogP contribution in [0.25, 0.3) is 0 Å². The molecule has 0 radical (unpaired) electrons. The standard InChI is InChI=1S/C16H33N/c1-2-3-4-5-6-7-8-13-16(17)14-15-11-9-10-12-15/h15-16H,2-14,17H2,1H3. The molecule has 1 atom stereocenters. The lowest BCUT2D eigenvalue weighted by molar-refractivity contribution is 0.414. The predicted molar refractivity (Wildman–Crippen MR) is 77.2 cm³/mol. The maximum atomic E-state index is 6.22. The topological polar surface area (TPSA) is 26.0 Å². The van der Waals surface area contributed by atoms with Crippen molar-refractivity contribution >= 4 is 0 Å². The molecular weight excluding hydrogens is 206 g/mol. The van der Waals surface area contributed by atoms with Gasteiger partial charge in [-0.15, -0.1) is 0 Å². The van der Waals surface area contributed by atoms with Gasteiger partial charge in [0, 0.05) is 6.04 Å². The summed E-state index contributed by atoms with van der Waals surface area (Å²) in [4.78, 5) is 0. The normalized spacial score (nSPS) is 18.7. The van der Waals surface area contributed by atoms with Crippen LogP contribution in [0.2, 0.25) is 0 Å². The molecule has 1 heteroatoms. The summed E-state index contributed by atoms with van der Waals surface area (Å²) in [5.74, 6) is 0.967. The zero-order chi connectivity index (χ0) is 12.3. The summed E-state index contributed by atoms with van der Waals surface area (Å²) in [5, 5.41) is 0. The minimum absolute atomic E-state index is 0.494. The summed E-state index contributed by atoms with van der Waals surface area (Å²) in [6.07, 6.45) is 18.2. The predicted octanol–water partition coefficient (Wildman–Crippen LogP) is 5.03. The summed E-state index contributed by atoms with van der Waals surface area (Å²) < 4.78 is 0. The zero-order valence-electron chi connectivity index (χ0n) is 11.9. The monoisotopic (exact) mass is 239 g/mol. The highest BCUT2D eigenvalue weighted by Crippen LogP contribution is 2.29. The third kappa shape index (κ3) is 7.81. The molecule has 0 aromatic carbocycles. The molecule has 0 heterocycles. The third-order valence-electron chi connectivity index (χ3n) is 4.29. The molecule has 0 spiro atoms. The van der Waals surface area contributed by atoms with Crippen LogP contribution < -0.4 is 5.73 Å². The largest absolute Gasteiger partial charge is 0.328 e. The van der Waals surface area contributed by atoms with Crippen molar-refractivity contribution < 1.29 is 0 Å². The summed E-state index contributed by atoms with van der Waals surface area (Å²) in [6.45, 7) is 2.28.